The molecule has 208 valence electrons. The molecule has 0 aliphatic carbocycles. The van der Waals surface area contributed by atoms with Gasteiger partial charge in [-0.3, -0.25) is 14.4 Å². The lowest BCUT2D eigenvalue weighted by Gasteiger charge is -2.39. The molecule has 1 aromatic carbocycles. The number of benzene rings is 1. The van der Waals surface area contributed by atoms with Crippen molar-refractivity contribution in [3.05, 3.63) is 47.3 Å². The number of carbonyl (C=O) groups is 3. The zero-order valence-corrected chi connectivity index (χ0v) is 23.1. The van der Waals surface area contributed by atoms with Crippen molar-refractivity contribution >= 4 is 35.1 Å². The SMILES string of the molecule is C=CC(=O)N1CCN2C(=O)c3c(NC(=O)C(C(C)C)C(C)C)nc(-c4c(O)cccc4F)c(Cl)c3OC[C@H]2C1. The largest absolute Gasteiger partial charge is 0.507 e. The average Bonchev–Trinajstić information content (AvgIpc) is 3.02. The highest BCUT2D eigenvalue weighted by Crippen LogP contribution is 2.45. The van der Waals surface area contributed by atoms with E-state index >= 15 is 0 Å². The highest BCUT2D eigenvalue weighted by molar-refractivity contribution is 6.35. The molecule has 1 saturated heterocycles. The quantitative estimate of drug-likeness (QED) is 0.510. The number of amides is 3. The lowest BCUT2D eigenvalue weighted by atomic mass is 9.85. The van der Waals surface area contributed by atoms with Gasteiger partial charge in [-0.25, -0.2) is 9.37 Å². The second kappa shape index (κ2) is 11.2. The lowest BCUT2D eigenvalue weighted by Crippen LogP contribution is -2.57. The number of aromatic hydroxyl groups is 1. The summed E-state index contributed by atoms with van der Waals surface area (Å²) in [6.45, 7) is 11.9. The zero-order valence-electron chi connectivity index (χ0n) is 22.3. The lowest BCUT2D eigenvalue weighted by molar-refractivity contribution is -0.128. The molecule has 2 N–H and O–H groups in total. The van der Waals surface area contributed by atoms with Crippen LogP contribution in [0.2, 0.25) is 5.02 Å². The van der Waals surface area contributed by atoms with Crippen molar-refractivity contribution in [2.75, 3.05) is 31.6 Å². The van der Waals surface area contributed by atoms with Gasteiger partial charge in [0.15, 0.2) is 5.75 Å². The van der Waals surface area contributed by atoms with Crippen LogP contribution in [-0.2, 0) is 9.59 Å². The number of nitrogens with one attached hydrogen (secondary N) is 1. The van der Waals surface area contributed by atoms with Gasteiger partial charge in [-0.2, -0.15) is 0 Å². The topological polar surface area (TPSA) is 112 Å². The molecule has 3 heterocycles. The van der Waals surface area contributed by atoms with Crippen molar-refractivity contribution in [2.45, 2.75) is 33.7 Å². The summed E-state index contributed by atoms with van der Waals surface area (Å²) in [6.07, 6.45) is 1.21. The minimum absolute atomic E-state index is 0.0138. The molecule has 2 aliphatic rings. The van der Waals surface area contributed by atoms with E-state index in [1.165, 1.54) is 18.2 Å². The molecular formula is C28H32ClFN4O5. The summed E-state index contributed by atoms with van der Waals surface area (Å²) in [5.74, 6) is -2.98. The molecule has 2 aromatic rings. The van der Waals surface area contributed by atoms with Crippen molar-refractivity contribution in [1.82, 2.24) is 14.8 Å². The third kappa shape index (κ3) is 5.30. The van der Waals surface area contributed by atoms with E-state index in [-0.39, 0.29) is 83.3 Å². The Morgan fingerprint density at radius 2 is 1.92 bits per heavy atom. The normalized spacial score (nSPS) is 17.1. The van der Waals surface area contributed by atoms with E-state index in [9.17, 15) is 23.9 Å². The third-order valence-corrected chi connectivity index (χ3v) is 7.52. The minimum Gasteiger partial charge on any atom is -0.507 e. The molecule has 11 heteroatoms. The summed E-state index contributed by atoms with van der Waals surface area (Å²) in [6, 6.07) is 3.25. The summed E-state index contributed by atoms with van der Waals surface area (Å²) in [5, 5.41) is 13.1. The Labute approximate surface area is 231 Å². The maximum absolute atomic E-state index is 14.9. The fourth-order valence-electron chi connectivity index (χ4n) is 5.37. The Balaban J connectivity index is 1.87. The van der Waals surface area contributed by atoms with Gasteiger partial charge in [-0.1, -0.05) is 51.9 Å². The standard InChI is InChI=1S/C28H32ClFN4O5/c1-6-19(36)33-10-11-34-16(12-33)13-39-25-22(28(34)38)26(32-27(37)20(14(2)3)15(4)5)31-24(23(25)29)21-17(30)8-7-9-18(21)35/h6-9,14-16,20,35H,1,10-13H2,2-5H3,(H,31,32,37)/t16-/m1/s1. The molecule has 0 radical (unpaired) electrons. The van der Waals surface area contributed by atoms with Crippen LogP contribution in [0.1, 0.15) is 38.1 Å². The molecule has 0 bridgehead atoms. The van der Waals surface area contributed by atoms with Crippen LogP contribution in [0.15, 0.2) is 30.9 Å². The van der Waals surface area contributed by atoms with Crippen molar-refractivity contribution in [3.8, 4) is 22.8 Å². The zero-order chi connectivity index (χ0) is 28.6. The van der Waals surface area contributed by atoms with E-state index in [0.29, 0.717) is 0 Å². The van der Waals surface area contributed by atoms with E-state index in [1.807, 2.05) is 27.7 Å². The molecule has 2 aliphatic heterocycles. The summed E-state index contributed by atoms with van der Waals surface area (Å²) in [5.41, 5.74) is -0.529. The fraction of sp³-hybridized carbons (Fsp3) is 0.429. The highest BCUT2D eigenvalue weighted by atomic mass is 35.5. The van der Waals surface area contributed by atoms with Crippen LogP contribution in [0.25, 0.3) is 11.3 Å². The van der Waals surface area contributed by atoms with E-state index in [4.69, 9.17) is 16.3 Å². The van der Waals surface area contributed by atoms with Crippen molar-refractivity contribution in [2.24, 2.45) is 17.8 Å². The van der Waals surface area contributed by atoms with Gasteiger partial charge in [0.2, 0.25) is 11.8 Å². The number of hydrogen-bond donors (Lipinski definition) is 2. The second-order valence-electron chi connectivity index (χ2n) is 10.4. The van der Waals surface area contributed by atoms with Gasteiger partial charge in [0.25, 0.3) is 5.91 Å². The molecule has 0 unspecified atom stereocenters. The first-order valence-corrected chi connectivity index (χ1v) is 13.2. The number of rotatable bonds is 6. The first-order valence-electron chi connectivity index (χ1n) is 12.8. The van der Waals surface area contributed by atoms with Crippen LogP contribution in [0, 0.1) is 23.6 Å². The molecule has 1 atom stereocenters. The van der Waals surface area contributed by atoms with Crippen LogP contribution >= 0.6 is 11.6 Å². The second-order valence-corrected chi connectivity index (χ2v) is 10.8. The van der Waals surface area contributed by atoms with Gasteiger partial charge >= 0.3 is 0 Å². The maximum atomic E-state index is 14.9. The average molecular weight is 559 g/mol. The summed E-state index contributed by atoms with van der Waals surface area (Å²) in [7, 11) is 0. The summed E-state index contributed by atoms with van der Waals surface area (Å²) < 4.78 is 21.0. The first kappa shape index (κ1) is 28.4. The number of pyridine rings is 1. The molecule has 39 heavy (non-hydrogen) atoms. The maximum Gasteiger partial charge on any atom is 0.261 e. The number of hydrogen-bond acceptors (Lipinski definition) is 6. The first-order chi connectivity index (χ1) is 18.5. The van der Waals surface area contributed by atoms with Crippen LogP contribution in [-0.4, -0.2) is 69.9 Å². The Bertz CT molecular complexity index is 1300. The molecule has 0 spiro atoms. The van der Waals surface area contributed by atoms with Gasteiger partial charge in [-0.15, -0.1) is 0 Å². The number of phenolic OH excluding ortho intramolecular Hbond substituents is 1. The monoisotopic (exact) mass is 558 g/mol. The van der Waals surface area contributed by atoms with Gasteiger partial charge in [0.1, 0.15) is 40.3 Å². The Morgan fingerprint density at radius 1 is 1.23 bits per heavy atom. The smallest absolute Gasteiger partial charge is 0.261 e. The Kier molecular flexibility index (Phi) is 8.15. The van der Waals surface area contributed by atoms with Crippen LogP contribution < -0.4 is 10.1 Å². The molecular weight excluding hydrogens is 527 g/mol. The molecule has 0 saturated carbocycles. The van der Waals surface area contributed by atoms with Gasteiger partial charge in [-0.05, 0) is 30.0 Å². The molecule has 1 aromatic heterocycles. The van der Waals surface area contributed by atoms with Crippen LogP contribution in [0.3, 0.4) is 0 Å². The summed E-state index contributed by atoms with van der Waals surface area (Å²) in [4.78, 5) is 47.2. The fourth-order valence-corrected chi connectivity index (χ4v) is 5.66. The van der Waals surface area contributed by atoms with Crippen molar-refractivity contribution in [3.63, 3.8) is 0 Å². The number of phenols is 1. The van der Waals surface area contributed by atoms with Gasteiger partial charge in [0, 0.05) is 25.6 Å². The number of anilines is 1. The third-order valence-electron chi connectivity index (χ3n) is 7.17. The molecule has 4 rings (SSSR count). The number of aromatic nitrogens is 1. The van der Waals surface area contributed by atoms with E-state index in [0.717, 1.165) is 6.07 Å². The Hall–Kier alpha value is -3.66. The van der Waals surface area contributed by atoms with Crippen molar-refractivity contribution in [1.29, 1.82) is 0 Å². The molecule has 3 amide bonds. The number of halogens is 2. The molecule has 9 nitrogen and oxygen atoms in total. The van der Waals surface area contributed by atoms with E-state index in [1.54, 1.807) is 9.80 Å². The predicted molar refractivity (Wildman–Crippen MR) is 145 cm³/mol. The van der Waals surface area contributed by atoms with Gasteiger partial charge in [0.05, 0.1) is 11.6 Å². The van der Waals surface area contributed by atoms with Crippen LogP contribution in [0.4, 0.5) is 10.2 Å². The van der Waals surface area contributed by atoms with E-state index < -0.39 is 29.4 Å². The summed E-state index contributed by atoms with van der Waals surface area (Å²) >= 11 is 6.69. The van der Waals surface area contributed by atoms with Gasteiger partial charge < -0.3 is 25.0 Å². The number of nitrogens with zero attached hydrogens (tertiary/aromatic N) is 3. The number of piperazine rings is 1. The van der Waals surface area contributed by atoms with Crippen LogP contribution in [0.5, 0.6) is 11.5 Å². The van der Waals surface area contributed by atoms with E-state index in [2.05, 4.69) is 16.9 Å². The number of fused-ring (bicyclic) bond motifs is 2. The minimum atomic E-state index is -0.792. The molecule has 1 fully saturated rings. The predicted octanol–water partition coefficient (Wildman–Crippen LogP) is 4.34. The number of ether oxygens (including phenoxy) is 1. The number of carbonyl (C=O) groups excluding carboxylic acids is 3. The Morgan fingerprint density at radius 3 is 2.54 bits per heavy atom. The van der Waals surface area contributed by atoms with Crippen molar-refractivity contribution < 1.29 is 28.6 Å². The highest BCUT2D eigenvalue weighted by Gasteiger charge is 2.40.